The molecule has 1 aliphatic rings. The third kappa shape index (κ3) is 4.01. The van der Waals surface area contributed by atoms with Crippen LogP contribution in [0.2, 0.25) is 0 Å². The minimum Gasteiger partial charge on any atom is -0.345 e. The molecule has 3 aromatic heterocycles. The average molecular weight is 398 g/mol. The molecule has 4 heterocycles. The first-order valence-corrected chi connectivity index (χ1v) is 10.7. The van der Waals surface area contributed by atoms with Gasteiger partial charge in [-0.1, -0.05) is 12.1 Å². The smallest absolute Gasteiger partial charge is 0.239 e. The number of hydrogen-bond acceptors (Lipinski definition) is 7. The van der Waals surface area contributed by atoms with Gasteiger partial charge >= 0.3 is 0 Å². The zero-order valence-electron chi connectivity index (χ0n) is 15.6. The number of thioether (sulfide) groups is 1. The first-order chi connectivity index (χ1) is 13.8. The van der Waals surface area contributed by atoms with Crippen molar-refractivity contribution >= 4 is 23.3 Å². The molecular formula is C19H23N7OS. The first-order valence-electron chi connectivity index (χ1n) is 9.27. The predicted octanol–water partition coefficient (Wildman–Crippen LogP) is 1.64. The van der Waals surface area contributed by atoms with E-state index in [4.69, 9.17) is 0 Å². The number of amides is 1. The fourth-order valence-electron chi connectivity index (χ4n) is 3.38. The number of nitrogens with one attached hydrogen (secondary N) is 3. The molecule has 3 unspecified atom stereocenters. The van der Waals surface area contributed by atoms with Gasteiger partial charge in [0.25, 0.3) is 0 Å². The Morgan fingerprint density at radius 2 is 2.18 bits per heavy atom. The second kappa shape index (κ2) is 8.68. The Morgan fingerprint density at radius 1 is 1.29 bits per heavy atom. The predicted molar refractivity (Wildman–Crippen MR) is 109 cm³/mol. The number of nitrogens with zero attached hydrogens (tertiary/aromatic N) is 4. The van der Waals surface area contributed by atoms with E-state index in [9.17, 15) is 4.79 Å². The summed E-state index contributed by atoms with van der Waals surface area (Å²) >= 11 is 1.74. The SMILES string of the molecule is CSCCC(NC(=O)C1CC(c2ccccn2)NN1)c1nnc2ccccn12. The Kier molecular flexibility index (Phi) is 5.84. The molecule has 0 aromatic carbocycles. The van der Waals surface area contributed by atoms with Crippen molar-refractivity contribution in [3.8, 4) is 0 Å². The summed E-state index contributed by atoms with van der Waals surface area (Å²) in [6.45, 7) is 0. The number of pyridine rings is 2. The molecule has 3 N–H and O–H groups in total. The fraction of sp³-hybridized carbons (Fsp3) is 0.368. The van der Waals surface area contributed by atoms with Crippen LogP contribution in [0.15, 0.2) is 48.8 Å². The number of rotatable bonds is 7. The van der Waals surface area contributed by atoms with Crippen molar-refractivity contribution in [1.82, 2.24) is 35.8 Å². The second-order valence-corrected chi connectivity index (χ2v) is 7.70. The third-order valence-electron chi connectivity index (χ3n) is 4.84. The fourth-order valence-corrected chi connectivity index (χ4v) is 3.85. The summed E-state index contributed by atoms with van der Waals surface area (Å²) in [4.78, 5) is 17.3. The van der Waals surface area contributed by atoms with E-state index in [1.54, 1.807) is 18.0 Å². The minimum absolute atomic E-state index is 0.00974. The van der Waals surface area contributed by atoms with E-state index in [-0.39, 0.29) is 24.0 Å². The van der Waals surface area contributed by atoms with Crippen molar-refractivity contribution in [3.05, 3.63) is 60.3 Å². The summed E-state index contributed by atoms with van der Waals surface area (Å²) in [5.74, 6) is 1.62. The minimum atomic E-state index is -0.331. The van der Waals surface area contributed by atoms with Crippen molar-refractivity contribution in [2.45, 2.75) is 31.0 Å². The van der Waals surface area contributed by atoms with Crippen molar-refractivity contribution < 1.29 is 4.79 Å². The lowest BCUT2D eigenvalue weighted by molar-refractivity contribution is -0.123. The molecule has 1 fully saturated rings. The van der Waals surface area contributed by atoms with Gasteiger partial charge in [-0.05, 0) is 49.1 Å². The van der Waals surface area contributed by atoms with Gasteiger partial charge in [-0.15, -0.1) is 10.2 Å². The van der Waals surface area contributed by atoms with Crippen molar-refractivity contribution in [2.75, 3.05) is 12.0 Å². The summed E-state index contributed by atoms with van der Waals surface area (Å²) in [7, 11) is 0. The Labute approximate surface area is 167 Å². The molecule has 0 radical (unpaired) electrons. The average Bonchev–Trinajstić information content (AvgIpc) is 3.39. The third-order valence-corrected chi connectivity index (χ3v) is 5.49. The summed E-state index contributed by atoms with van der Waals surface area (Å²) in [6.07, 6.45) is 7.17. The van der Waals surface area contributed by atoms with E-state index in [1.165, 1.54) is 0 Å². The molecule has 0 saturated carbocycles. The Hall–Kier alpha value is -2.49. The van der Waals surface area contributed by atoms with Crippen LogP contribution >= 0.6 is 11.8 Å². The highest BCUT2D eigenvalue weighted by atomic mass is 32.2. The number of carbonyl (C=O) groups excluding carboxylic acids is 1. The molecule has 0 aliphatic carbocycles. The zero-order valence-corrected chi connectivity index (χ0v) is 16.4. The maximum absolute atomic E-state index is 12.9. The van der Waals surface area contributed by atoms with Crippen LogP contribution < -0.4 is 16.2 Å². The van der Waals surface area contributed by atoms with Gasteiger partial charge in [0.1, 0.15) is 6.04 Å². The maximum Gasteiger partial charge on any atom is 0.239 e. The summed E-state index contributed by atoms with van der Waals surface area (Å²) in [5.41, 5.74) is 7.97. The van der Waals surface area contributed by atoms with E-state index in [1.807, 2.05) is 47.0 Å². The van der Waals surface area contributed by atoms with Crippen molar-refractivity contribution in [3.63, 3.8) is 0 Å². The Balaban J connectivity index is 1.47. The van der Waals surface area contributed by atoms with E-state index < -0.39 is 0 Å². The van der Waals surface area contributed by atoms with Crippen molar-refractivity contribution in [1.29, 1.82) is 0 Å². The monoisotopic (exact) mass is 397 g/mol. The molecule has 0 spiro atoms. The quantitative estimate of drug-likeness (QED) is 0.558. The summed E-state index contributed by atoms with van der Waals surface area (Å²) in [6, 6.07) is 11.0. The van der Waals surface area contributed by atoms with Crippen LogP contribution in [0.25, 0.3) is 5.65 Å². The van der Waals surface area contributed by atoms with E-state index in [2.05, 4.69) is 37.6 Å². The van der Waals surface area contributed by atoms with Gasteiger partial charge in [0, 0.05) is 12.4 Å². The standard InChI is InChI=1S/C19H23N7OS/c1-28-11-8-14(18-25-24-17-7-3-5-10-26(17)18)21-19(27)16-12-15(22-23-16)13-6-2-4-9-20-13/h2-7,9-10,14-16,22-23H,8,11-12H2,1H3,(H,21,27). The van der Waals surface area contributed by atoms with Crippen LogP contribution in [0.3, 0.4) is 0 Å². The molecule has 3 aromatic rings. The molecule has 146 valence electrons. The van der Waals surface area contributed by atoms with Crippen LogP contribution in [0.1, 0.15) is 36.4 Å². The van der Waals surface area contributed by atoms with Crippen molar-refractivity contribution in [2.24, 2.45) is 0 Å². The topological polar surface area (TPSA) is 96.2 Å². The van der Waals surface area contributed by atoms with Gasteiger partial charge < -0.3 is 5.32 Å². The molecule has 28 heavy (non-hydrogen) atoms. The lowest BCUT2D eigenvalue weighted by Crippen LogP contribution is -2.44. The Bertz CT molecular complexity index is 932. The lowest BCUT2D eigenvalue weighted by Gasteiger charge is -2.19. The highest BCUT2D eigenvalue weighted by Crippen LogP contribution is 2.22. The van der Waals surface area contributed by atoms with E-state index >= 15 is 0 Å². The van der Waals surface area contributed by atoms with E-state index in [0.717, 1.165) is 29.3 Å². The first kappa shape index (κ1) is 18.9. The zero-order chi connectivity index (χ0) is 19.3. The number of hydrazine groups is 1. The summed E-state index contributed by atoms with van der Waals surface area (Å²) < 4.78 is 1.93. The van der Waals surface area contributed by atoms with Gasteiger partial charge in [0.15, 0.2) is 11.5 Å². The van der Waals surface area contributed by atoms with Gasteiger partial charge in [-0.2, -0.15) is 11.8 Å². The molecule has 1 amide bonds. The molecule has 3 atom stereocenters. The highest BCUT2D eigenvalue weighted by Gasteiger charge is 2.32. The van der Waals surface area contributed by atoms with Crippen LogP contribution in [0.4, 0.5) is 0 Å². The lowest BCUT2D eigenvalue weighted by atomic mass is 10.1. The van der Waals surface area contributed by atoms with Crippen LogP contribution in [-0.2, 0) is 4.79 Å². The molecule has 0 bridgehead atoms. The maximum atomic E-state index is 12.9. The number of hydrogen-bond donors (Lipinski definition) is 3. The van der Waals surface area contributed by atoms with Crippen LogP contribution in [0.5, 0.6) is 0 Å². The van der Waals surface area contributed by atoms with E-state index in [0.29, 0.717) is 6.42 Å². The normalized spacial score (nSPS) is 20.3. The molecule has 8 nitrogen and oxygen atoms in total. The van der Waals surface area contributed by atoms with Gasteiger partial charge in [-0.3, -0.25) is 14.2 Å². The van der Waals surface area contributed by atoms with Gasteiger partial charge in [-0.25, -0.2) is 10.9 Å². The number of fused-ring (bicyclic) bond motifs is 1. The molecule has 1 aliphatic heterocycles. The van der Waals surface area contributed by atoms with Gasteiger partial charge in [0.2, 0.25) is 5.91 Å². The number of carbonyl (C=O) groups is 1. The van der Waals surface area contributed by atoms with Crippen LogP contribution in [0, 0.1) is 0 Å². The molecule has 9 heteroatoms. The highest BCUT2D eigenvalue weighted by molar-refractivity contribution is 7.98. The molecule has 4 rings (SSSR count). The Morgan fingerprint density at radius 3 is 3.00 bits per heavy atom. The second-order valence-electron chi connectivity index (χ2n) is 6.71. The molecular weight excluding hydrogens is 374 g/mol. The van der Waals surface area contributed by atoms with Gasteiger partial charge in [0.05, 0.1) is 17.8 Å². The number of aromatic nitrogens is 4. The molecule has 1 saturated heterocycles. The largest absolute Gasteiger partial charge is 0.345 e. The summed E-state index contributed by atoms with van der Waals surface area (Å²) in [5, 5.41) is 11.7. The van der Waals surface area contributed by atoms with Crippen LogP contribution in [-0.4, -0.2) is 43.5 Å².